The topological polar surface area (TPSA) is 21.3 Å². The Balaban J connectivity index is 2.37. The Labute approximate surface area is 127 Å². The van der Waals surface area contributed by atoms with Gasteiger partial charge in [0, 0.05) is 11.6 Å². The Hall–Kier alpha value is -1.65. The molecule has 0 amide bonds. The number of nitrogens with one attached hydrogen (secondary N) is 1. The van der Waals surface area contributed by atoms with E-state index in [-0.39, 0.29) is 22.6 Å². The van der Waals surface area contributed by atoms with Crippen LogP contribution >= 0.6 is 11.6 Å². The highest BCUT2D eigenvalue weighted by molar-refractivity contribution is 6.32. The van der Waals surface area contributed by atoms with Crippen molar-refractivity contribution in [3.8, 4) is 11.5 Å². The molecule has 0 aliphatic rings. The number of benzene rings is 2. The molecule has 2 aromatic carbocycles. The van der Waals surface area contributed by atoms with Gasteiger partial charge in [0.25, 0.3) is 0 Å². The molecule has 1 unspecified atom stereocenters. The zero-order valence-electron chi connectivity index (χ0n) is 11.8. The molecule has 0 radical (unpaired) electrons. The molecule has 112 valence electrons. The van der Waals surface area contributed by atoms with Gasteiger partial charge < -0.3 is 10.1 Å². The lowest BCUT2D eigenvalue weighted by atomic mass is 10.1. The van der Waals surface area contributed by atoms with Crippen LogP contribution < -0.4 is 10.1 Å². The molecule has 0 spiro atoms. The van der Waals surface area contributed by atoms with Gasteiger partial charge in [-0.1, -0.05) is 24.6 Å². The van der Waals surface area contributed by atoms with Crippen molar-refractivity contribution in [1.82, 2.24) is 5.32 Å². The Morgan fingerprint density at radius 1 is 1.19 bits per heavy atom. The third-order valence-electron chi connectivity index (χ3n) is 3.07. The molecule has 0 aliphatic heterocycles. The monoisotopic (exact) mass is 311 g/mol. The van der Waals surface area contributed by atoms with E-state index >= 15 is 0 Å². The second kappa shape index (κ2) is 6.87. The van der Waals surface area contributed by atoms with Crippen LogP contribution in [0.5, 0.6) is 11.5 Å². The Morgan fingerprint density at radius 2 is 1.95 bits per heavy atom. The Bertz CT molecular complexity index is 634. The molecule has 5 heteroatoms. The average molecular weight is 312 g/mol. The third-order valence-corrected chi connectivity index (χ3v) is 3.37. The summed E-state index contributed by atoms with van der Waals surface area (Å²) < 4.78 is 32.8. The molecule has 0 fully saturated rings. The van der Waals surface area contributed by atoms with Gasteiger partial charge in [-0.2, -0.15) is 0 Å². The minimum atomic E-state index is -0.451. The summed E-state index contributed by atoms with van der Waals surface area (Å²) in [6.45, 7) is 4.49. The smallest absolute Gasteiger partial charge is 0.146 e. The first-order valence-corrected chi connectivity index (χ1v) is 7.05. The maximum absolute atomic E-state index is 14.1. The zero-order chi connectivity index (χ0) is 15.4. The fraction of sp³-hybridized carbons (Fsp3) is 0.250. The molecule has 2 aromatic rings. The van der Waals surface area contributed by atoms with Crippen LogP contribution in [0, 0.1) is 11.6 Å². The van der Waals surface area contributed by atoms with Crippen LogP contribution in [-0.2, 0) is 0 Å². The minimum Gasteiger partial charge on any atom is -0.455 e. The normalized spacial score (nSPS) is 12.2. The van der Waals surface area contributed by atoms with Crippen molar-refractivity contribution in [2.24, 2.45) is 0 Å². The van der Waals surface area contributed by atoms with Crippen LogP contribution in [0.15, 0.2) is 36.4 Å². The highest BCUT2D eigenvalue weighted by Crippen LogP contribution is 2.35. The van der Waals surface area contributed by atoms with Crippen molar-refractivity contribution in [2.75, 3.05) is 6.54 Å². The maximum Gasteiger partial charge on any atom is 0.146 e. The molecule has 21 heavy (non-hydrogen) atoms. The van der Waals surface area contributed by atoms with Crippen LogP contribution in [0.2, 0.25) is 5.02 Å². The highest BCUT2D eigenvalue weighted by atomic mass is 35.5. The first kappa shape index (κ1) is 15.7. The molecule has 1 N–H and O–H groups in total. The molecule has 0 saturated heterocycles. The number of hydrogen-bond acceptors (Lipinski definition) is 2. The molecule has 2 nitrogen and oxygen atoms in total. The second-order valence-electron chi connectivity index (χ2n) is 4.61. The number of halogens is 3. The van der Waals surface area contributed by atoms with Crippen molar-refractivity contribution in [3.63, 3.8) is 0 Å². The molecule has 0 aliphatic carbocycles. The number of hydrogen-bond donors (Lipinski definition) is 1. The van der Waals surface area contributed by atoms with E-state index in [2.05, 4.69) is 5.32 Å². The molecule has 0 saturated carbocycles. The lowest BCUT2D eigenvalue weighted by Crippen LogP contribution is -2.19. The van der Waals surface area contributed by atoms with Crippen LogP contribution in [0.3, 0.4) is 0 Å². The van der Waals surface area contributed by atoms with Crippen molar-refractivity contribution in [3.05, 3.63) is 58.6 Å². The van der Waals surface area contributed by atoms with Gasteiger partial charge in [0.05, 0.1) is 5.02 Å². The van der Waals surface area contributed by atoms with Crippen LogP contribution in [0.1, 0.15) is 25.5 Å². The fourth-order valence-electron chi connectivity index (χ4n) is 2.11. The van der Waals surface area contributed by atoms with E-state index in [1.807, 2.05) is 13.8 Å². The highest BCUT2D eigenvalue weighted by Gasteiger charge is 2.17. The first-order chi connectivity index (χ1) is 10.0. The lowest BCUT2D eigenvalue weighted by Gasteiger charge is -2.18. The van der Waals surface area contributed by atoms with E-state index in [1.54, 1.807) is 12.1 Å². The molecule has 2 rings (SSSR count). The molecule has 0 heterocycles. The van der Waals surface area contributed by atoms with E-state index in [0.717, 1.165) is 6.07 Å². The molecular weight excluding hydrogens is 296 g/mol. The van der Waals surface area contributed by atoms with Gasteiger partial charge in [-0.05, 0) is 43.8 Å². The number of rotatable bonds is 5. The van der Waals surface area contributed by atoms with Gasteiger partial charge in [0.1, 0.15) is 23.1 Å². The summed E-state index contributed by atoms with van der Waals surface area (Å²) >= 11 is 5.94. The quantitative estimate of drug-likeness (QED) is 0.831. The summed E-state index contributed by atoms with van der Waals surface area (Å²) in [4.78, 5) is 0. The first-order valence-electron chi connectivity index (χ1n) is 6.67. The van der Waals surface area contributed by atoms with Crippen LogP contribution in [0.25, 0.3) is 0 Å². The Kier molecular flexibility index (Phi) is 5.15. The minimum absolute atomic E-state index is 0.140. The maximum atomic E-state index is 14.1. The molecule has 1 atom stereocenters. The van der Waals surface area contributed by atoms with E-state index in [9.17, 15) is 8.78 Å². The molecular formula is C16H16ClF2NO. The van der Waals surface area contributed by atoms with Gasteiger partial charge >= 0.3 is 0 Å². The SMILES string of the molecule is CCNC(C)c1c(F)cccc1Oc1ccc(F)cc1Cl. The van der Waals surface area contributed by atoms with Gasteiger partial charge in [-0.3, -0.25) is 0 Å². The molecule has 0 bridgehead atoms. The van der Waals surface area contributed by atoms with E-state index in [4.69, 9.17) is 16.3 Å². The second-order valence-corrected chi connectivity index (χ2v) is 5.02. The van der Waals surface area contributed by atoms with Gasteiger partial charge in [-0.25, -0.2) is 8.78 Å². The standard InChI is InChI=1S/C16H16ClF2NO/c1-3-20-10(2)16-13(19)5-4-6-15(16)21-14-8-7-11(18)9-12(14)17/h4-10,20H,3H2,1-2H3. The summed E-state index contributed by atoms with van der Waals surface area (Å²) in [5.74, 6) is -0.169. The predicted octanol–water partition coefficient (Wildman–Crippen LogP) is 5.08. The van der Waals surface area contributed by atoms with E-state index < -0.39 is 5.82 Å². The van der Waals surface area contributed by atoms with Gasteiger partial charge in [0.15, 0.2) is 0 Å². The van der Waals surface area contributed by atoms with E-state index in [1.165, 1.54) is 18.2 Å². The third kappa shape index (κ3) is 3.71. The van der Waals surface area contributed by atoms with Crippen molar-refractivity contribution < 1.29 is 13.5 Å². The van der Waals surface area contributed by atoms with Crippen molar-refractivity contribution in [2.45, 2.75) is 19.9 Å². The lowest BCUT2D eigenvalue weighted by molar-refractivity contribution is 0.447. The van der Waals surface area contributed by atoms with Gasteiger partial charge in [0.2, 0.25) is 0 Å². The molecule has 0 aromatic heterocycles. The van der Waals surface area contributed by atoms with Crippen LogP contribution in [-0.4, -0.2) is 6.54 Å². The van der Waals surface area contributed by atoms with Crippen LogP contribution in [0.4, 0.5) is 8.78 Å². The number of ether oxygens (including phenoxy) is 1. The predicted molar refractivity (Wildman–Crippen MR) is 80.0 cm³/mol. The zero-order valence-corrected chi connectivity index (χ0v) is 12.5. The van der Waals surface area contributed by atoms with Crippen molar-refractivity contribution >= 4 is 11.6 Å². The summed E-state index contributed by atoms with van der Waals surface area (Å²) in [6.07, 6.45) is 0. The average Bonchev–Trinajstić information content (AvgIpc) is 2.42. The summed E-state index contributed by atoms with van der Waals surface area (Å²) in [6, 6.07) is 8.20. The summed E-state index contributed by atoms with van der Waals surface area (Å²) in [7, 11) is 0. The van der Waals surface area contributed by atoms with E-state index in [0.29, 0.717) is 17.9 Å². The Morgan fingerprint density at radius 3 is 2.62 bits per heavy atom. The van der Waals surface area contributed by atoms with Crippen molar-refractivity contribution in [1.29, 1.82) is 0 Å². The largest absolute Gasteiger partial charge is 0.455 e. The fourth-order valence-corrected chi connectivity index (χ4v) is 2.32. The summed E-state index contributed by atoms with van der Waals surface area (Å²) in [5, 5.41) is 3.28. The van der Waals surface area contributed by atoms with Gasteiger partial charge in [-0.15, -0.1) is 0 Å². The summed E-state index contributed by atoms with van der Waals surface area (Å²) in [5.41, 5.74) is 0.416.